The second-order valence-electron chi connectivity index (χ2n) is 4.29. The zero-order valence-electron chi connectivity index (χ0n) is 9.85. The van der Waals surface area contributed by atoms with Gasteiger partial charge in [0, 0.05) is 18.9 Å². The second-order valence-corrected chi connectivity index (χ2v) is 4.29. The first-order valence-corrected chi connectivity index (χ1v) is 6.08. The summed E-state index contributed by atoms with van der Waals surface area (Å²) in [7, 11) is 0. The summed E-state index contributed by atoms with van der Waals surface area (Å²) in [5, 5.41) is 4.05. The van der Waals surface area contributed by atoms with E-state index in [1.807, 2.05) is 0 Å². The first-order chi connectivity index (χ1) is 7.83. The second kappa shape index (κ2) is 5.41. The van der Waals surface area contributed by atoms with Gasteiger partial charge >= 0.3 is 0 Å². The Morgan fingerprint density at radius 3 is 2.81 bits per heavy atom. The molecule has 0 spiro atoms. The van der Waals surface area contributed by atoms with Crippen LogP contribution in [0.2, 0.25) is 0 Å². The molecule has 2 N–H and O–H groups in total. The molecular weight excluding hydrogens is 204 g/mol. The highest BCUT2D eigenvalue weighted by molar-refractivity contribution is 4.98. The maximum Gasteiger partial charge on any atom is 0.227 e. The van der Waals surface area contributed by atoms with E-state index in [2.05, 4.69) is 22.0 Å². The van der Waals surface area contributed by atoms with E-state index >= 15 is 0 Å². The van der Waals surface area contributed by atoms with Crippen LogP contribution in [-0.2, 0) is 6.42 Å². The molecule has 1 aliphatic heterocycles. The van der Waals surface area contributed by atoms with E-state index in [1.54, 1.807) is 0 Å². The Hall–Kier alpha value is -0.940. The largest absolute Gasteiger partial charge is 0.339 e. The number of nitrogens with zero attached hydrogens (tertiary/aromatic N) is 3. The Kier molecular flexibility index (Phi) is 3.90. The normalized spacial score (nSPS) is 19.1. The third kappa shape index (κ3) is 2.59. The molecule has 0 radical (unpaired) electrons. The van der Waals surface area contributed by atoms with Gasteiger partial charge in [0.05, 0.1) is 0 Å². The highest BCUT2D eigenvalue weighted by Gasteiger charge is 2.23. The maximum atomic E-state index is 5.45. The summed E-state index contributed by atoms with van der Waals surface area (Å²) in [6, 6.07) is 0. The van der Waals surface area contributed by atoms with Crippen molar-refractivity contribution in [2.24, 2.45) is 5.73 Å². The van der Waals surface area contributed by atoms with Gasteiger partial charge < -0.3 is 15.2 Å². The van der Waals surface area contributed by atoms with Gasteiger partial charge in [0.2, 0.25) is 5.89 Å². The van der Waals surface area contributed by atoms with E-state index in [0.29, 0.717) is 24.8 Å². The molecule has 0 bridgehead atoms. The lowest BCUT2D eigenvalue weighted by Gasteiger charge is -2.29. The molecule has 5 nitrogen and oxygen atoms in total. The van der Waals surface area contributed by atoms with Gasteiger partial charge in [-0.3, -0.25) is 0 Å². The molecule has 0 amide bonds. The van der Waals surface area contributed by atoms with Gasteiger partial charge in [0.25, 0.3) is 0 Å². The van der Waals surface area contributed by atoms with E-state index in [1.165, 1.54) is 0 Å². The van der Waals surface area contributed by atoms with E-state index in [0.717, 1.165) is 38.3 Å². The van der Waals surface area contributed by atoms with Gasteiger partial charge in [-0.15, -0.1) is 0 Å². The fraction of sp³-hybridized carbons (Fsp3) is 0.818. The number of hydrogen-bond donors (Lipinski definition) is 1. The molecule has 90 valence electrons. The highest BCUT2D eigenvalue weighted by atomic mass is 16.5. The topological polar surface area (TPSA) is 68.2 Å². The van der Waals surface area contributed by atoms with Crippen molar-refractivity contribution in [3.63, 3.8) is 0 Å². The minimum absolute atomic E-state index is 0.470. The van der Waals surface area contributed by atoms with Crippen molar-refractivity contribution in [3.05, 3.63) is 11.7 Å². The molecule has 2 heterocycles. The van der Waals surface area contributed by atoms with Crippen LogP contribution in [0.5, 0.6) is 0 Å². The minimum Gasteiger partial charge on any atom is -0.339 e. The number of hydrogen-bond acceptors (Lipinski definition) is 5. The molecule has 0 atom stereocenters. The summed E-state index contributed by atoms with van der Waals surface area (Å²) in [6.45, 7) is 6.19. The monoisotopic (exact) mass is 224 g/mol. The summed E-state index contributed by atoms with van der Waals surface area (Å²) in [6.07, 6.45) is 2.95. The van der Waals surface area contributed by atoms with Crippen molar-refractivity contribution in [1.82, 2.24) is 15.0 Å². The van der Waals surface area contributed by atoms with Crippen LogP contribution in [0.15, 0.2) is 4.52 Å². The van der Waals surface area contributed by atoms with Crippen LogP contribution in [0.25, 0.3) is 0 Å². The first kappa shape index (κ1) is 11.5. The van der Waals surface area contributed by atoms with Crippen molar-refractivity contribution in [3.8, 4) is 0 Å². The molecule has 5 heteroatoms. The summed E-state index contributed by atoms with van der Waals surface area (Å²) >= 11 is 0. The van der Waals surface area contributed by atoms with Crippen molar-refractivity contribution in [1.29, 1.82) is 0 Å². The van der Waals surface area contributed by atoms with E-state index in [4.69, 9.17) is 10.3 Å². The van der Waals surface area contributed by atoms with Crippen LogP contribution < -0.4 is 5.73 Å². The fourth-order valence-electron chi connectivity index (χ4n) is 2.17. The minimum atomic E-state index is 0.470. The number of aromatic nitrogens is 2. The van der Waals surface area contributed by atoms with Gasteiger partial charge in [0.15, 0.2) is 5.82 Å². The number of piperidine rings is 1. The Labute approximate surface area is 96.0 Å². The quantitative estimate of drug-likeness (QED) is 0.818. The van der Waals surface area contributed by atoms with Crippen molar-refractivity contribution in [2.75, 3.05) is 26.2 Å². The van der Waals surface area contributed by atoms with Gasteiger partial charge in [-0.25, -0.2) is 0 Å². The van der Waals surface area contributed by atoms with E-state index in [-0.39, 0.29) is 0 Å². The molecule has 1 fully saturated rings. The predicted octanol–water partition coefficient (Wildman–Crippen LogP) is 0.770. The van der Waals surface area contributed by atoms with Crippen molar-refractivity contribution < 1.29 is 4.52 Å². The molecule has 1 saturated heterocycles. The van der Waals surface area contributed by atoms with Crippen LogP contribution in [0.3, 0.4) is 0 Å². The van der Waals surface area contributed by atoms with Gasteiger partial charge in [-0.2, -0.15) is 4.98 Å². The Morgan fingerprint density at radius 2 is 2.19 bits per heavy atom. The van der Waals surface area contributed by atoms with Crippen molar-refractivity contribution in [2.45, 2.75) is 32.1 Å². The average Bonchev–Trinajstić information content (AvgIpc) is 2.78. The molecule has 0 aromatic carbocycles. The lowest BCUT2D eigenvalue weighted by Crippen LogP contribution is -2.32. The molecule has 1 aromatic heterocycles. The summed E-state index contributed by atoms with van der Waals surface area (Å²) in [5.41, 5.74) is 5.45. The fourth-order valence-corrected chi connectivity index (χ4v) is 2.17. The SMILES string of the molecule is CCN1CCC(c2noc(CCN)n2)CC1. The smallest absolute Gasteiger partial charge is 0.227 e. The lowest BCUT2D eigenvalue weighted by molar-refractivity contribution is 0.217. The third-order valence-electron chi connectivity index (χ3n) is 3.24. The summed E-state index contributed by atoms with van der Waals surface area (Å²) in [4.78, 5) is 6.85. The van der Waals surface area contributed by atoms with E-state index in [9.17, 15) is 0 Å². The molecule has 1 aromatic rings. The standard InChI is InChI=1S/C11H20N4O/c1-2-15-7-4-9(5-8-15)11-13-10(3-6-12)16-14-11/h9H,2-8,12H2,1H3. The lowest BCUT2D eigenvalue weighted by atomic mass is 9.96. The number of nitrogens with two attached hydrogens (primary N) is 1. The van der Waals surface area contributed by atoms with Crippen LogP contribution in [0.4, 0.5) is 0 Å². The zero-order chi connectivity index (χ0) is 11.4. The third-order valence-corrected chi connectivity index (χ3v) is 3.24. The average molecular weight is 224 g/mol. The number of likely N-dealkylation sites (tertiary alicyclic amines) is 1. The van der Waals surface area contributed by atoms with Gasteiger partial charge in [-0.1, -0.05) is 12.1 Å². The maximum absolute atomic E-state index is 5.45. The Bertz CT molecular complexity index is 318. The van der Waals surface area contributed by atoms with Crippen LogP contribution in [-0.4, -0.2) is 41.2 Å². The Morgan fingerprint density at radius 1 is 1.44 bits per heavy atom. The van der Waals surface area contributed by atoms with Gasteiger partial charge in [0.1, 0.15) is 0 Å². The molecule has 16 heavy (non-hydrogen) atoms. The summed E-state index contributed by atoms with van der Waals surface area (Å²) < 4.78 is 5.16. The van der Waals surface area contributed by atoms with Crippen molar-refractivity contribution >= 4 is 0 Å². The molecule has 0 unspecified atom stereocenters. The molecule has 0 saturated carbocycles. The van der Waals surface area contributed by atoms with Gasteiger partial charge in [-0.05, 0) is 32.5 Å². The predicted molar refractivity (Wildman–Crippen MR) is 61.1 cm³/mol. The Balaban J connectivity index is 1.92. The molecule has 0 aliphatic carbocycles. The molecule has 2 rings (SSSR count). The zero-order valence-corrected chi connectivity index (χ0v) is 9.85. The van der Waals surface area contributed by atoms with Crippen LogP contribution in [0.1, 0.15) is 37.4 Å². The number of rotatable bonds is 4. The van der Waals surface area contributed by atoms with Crippen LogP contribution in [0, 0.1) is 0 Å². The van der Waals surface area contributed by atoms with Crippen LogP contribution >= 0.6 is 0 Å². The first-order valence-electron chi connectivity index (χ1n) is 6.08. The molecule has 1 aliphatic rings. The summed E-state index contributed by atoms with van der Waals surface area (Å²) in [5.74, 6) is 2.02. The molecular formula is C11H20N4O. The highest BCUT2D eigenvalue weighted by Crippen LogP contribution is 2.25. The van der Waals surface area contributed by atoms with E-state index < -0.39 is 0 Å².